The van der Waals surface area contributed by atoms with Crippen LogP contribution in [0.3, 0.4) is 0 Å². The van der Waals surface area contributed by atoms with Crippen molar-refractivity contribution >= 4 is 34.7 Å². The van der Waals surface area contributed by atoms with E-state index >= 15 is 0 Å². The monoisotopic (exact) mass is 346 g/mol. The van der Waals surface area contributed by atoms with Crippen LogP contribution in [-0.2, 0) is 0 Å². The molecular formula is C18H22N2OS2. The lowest BCUT2D eigenvalue weighted by Gasteiger charge is -2.22. The number of hydrogen-bond donors (Lipinski definition) is 1. The molecule has 0 unspecified atom stereocenters. The van der Waals surface area contributed by atoms with Gasteiger partial charge >= 0.3 is 0 Å². The van der Waals surface area contributed by atoms with Crippen LogP contribution in [0.4, 0.5) is 5.69 Å². The molecule has 0 saturated carbocycles. The number of para-hydroxylation sites is 1. The Kier molecular flexibility index (Phi) is 6.30. The third-order valence-corrected chi connectivity index (χ3v) is 5.42. The normalized spacial score (nSPS) is 11.8. The van der Waals surface area contributed by atoms with E-state index in [4.69, 9.17) is 22.7 Å². The van der Waals surface area contributed by atoms with E-state index in [0.29, 0.717) is 0 Å². The summed E-state index contributed by atoms with van der Waals surface area (Å²) in [5.41, 5.74) is 8.11. The van der Waals surface area contributed by atoms with E-state index in [2.05, 4.69) is 18.2 Å². The van der Waals surface area contributed by atoms with Crippen molar-refractivity contribution in [2.45, 2.75) is 16.6 Å². The molecule has 2 aromatic rings. The number of nitrogen functional groups attached to an aromatic ring is 1. The Hall–Kier alpha value is -1.72. The second-order valence-electron chi connectivity index (χ2n) is 5.41. The third-order valence-electron chi connectivity index (χ3n) is 3.53. The fourth-order valence-corrected chi connectivity index (χ4v) is 3.60. The van der Waals surface area contributed by atoms with Gasteiger partial charge in [-0.3, -0.25) is 0 Å². The van der Waals surface area contributed by atoms with Crippen molar-refractivity contribution in [3.63, 3.8) is 0 Å². The highest BCUT2D eigenvalue weighted by Crippen LogP contribution is 2.41. The van der Waals surface area contributed by atoms with E-state index in [-0.39, 0.29) is 5.25 Å². The van der Waals surface area contributed by atoms with Crippen LogP contribution in [0, 0.1) is 0 Å². The number of nitrogens with zero attached hydrogens (tertiary/aromatic N) is 1. The van der Waals surface area contributed by atoms with Crippen molar-refractivity contribution in [1.82, 2.24) is 4.90 Å². The second kappa shape index (κ2) is 8.22. The summed E-state index contributed by atoms with van der Waals surface area (Å²) in [5, 5.41) is 0.209. The van der Waals surface area contributed by atoms with Gasteiger partial charge in [-0.15, -0.1) is 11.8 Å². The van der Waals surface area contributed by atoms with E-state index in [1.807, 2.05) is 49.3 Å². The molecule has 0 bridgehead atoms. The molecule has 2 N–H and O–H groups in total. The highest BCUT2D eigenvalue weighted by molar-refractivity contribution is 7.99. The van der Waals surface area contributed by atoms with Crippen LogP contribution in [-0.4, -0.2) is 31.1 Å². The number of thiocarbonyl (C=S) groups is 1. The van der Waals surface area contributed by atoms with Gasteiger partial charge in [0.15, 0.2) is 0 Å². The summed E-state index contributed by atoms with van der Waals surface area (Å²) in [5.74, 6) is 0.854. The smallest absolute Gasteiger partial charge is 0.118 e. The molecule has 0 aliphatic rings. The molecule has 0 heterocycles. The molecule has 0 aliphatic carbocycles. The summed E-state index contributed by atoms with van der Waals surface area (Å²) in [6.07, 6.45) is 0.785. The van der Waals surface area contributed by atoms with Crippen LogP contribution in [0.25, 0.3) is 0 Å². The maximum absolute atomic E-state index is 6.10. The molecule has 5 heteroatoms. The van der Waals surface area contributed by atoms with Crippen molar-refractivity contribution in [1.29, 1.82) is 0 Å². The zero-order valence-electron chi connectivity index (χ0n) is 13.7. The summed E-state index contributed by atoms with van der Waals surface area (Å²) in [6, 6.07) is 16.1. The van der Waals surface area contributed by atoms with Crippen LogP contribution in [0.1, 0.15) is 17.2 Å². The molecule has 122 valence electrons. The molecule has 0 spiro atoms. The van der Waals surface area contributed by atoms with E-state index in [1.165, 1.54) is 5.56 Å². The average molecular weight is 347 g/mol. The summed E-state index contributed by atoms with van der Waals surface area (Å²) >= 11 is 7.26. The molecule has 1 atom stereocenters. The van der Waals surface area contributed by atoms with Gasteiger partial charge in [0.2, 0.25) is 0 Å². The molecule has 0 radical (unpaired) electrons. The van der Waals surface area contributed by atoms with E-state index < -0.39 is 0 Å². The van der Waals surface area contributed by atoms with Gasteiger partial charge in [0.1, 0.15) is 5.75 Å². The van der Waals surface area contributed by atoms with Gasteiger partial charge in [0.25, 0.3) is 0 Å². The molecule has 0 saturated heterocycles. The second-order valence-corrected chi connectivity index (χ2v) is 7.13. The van der Waals surface area contributed by atoms with Crippen molar-refractivity contribution < 1.29 is 4.74 Å². The quantitative estimate of drug-likeness (QED) is 0.477. The van der Waals surface area contributed by atoms with E-state index in [9.17, 15) is 0 Å². The lowest BCUT2D eigenvalue weighted by molar-refractivity contribution is 0.414. The van der Waals surface area contributed by atoms with Crippen LogP contribution < -0.4 is 10.5 Å². The Labute approximate surface area is 147 Å². The lowest BCUT2D eigenvalue weighted by Crippen LogP contribution is -2.21. The number of benzene rings is 2. The Morgan fingerprint density at radius 2 is 1.83 bits per heavy atom. The minimum absolute atomic E-state index is 0.209. The SMILES string of the molecule is COc1ccc([C@@H](CC(=S)N(C)C)Sc2ccccc2N)cc1. The Morgan fingerprint density at radius 1 is 1.17 bits per heavy atom. The predicted octanol–water partition coefficient (Wildman–Crippen LogP) is 4.39. The average Bonchev–Trinajstić information content (AvgIpc) is 2.56. The lowest BCUT2D eigenvalue weighted by atomic mass is 10.1. The van der Waals surface area contributed by atoms with Crippen molar-refractivity contribution in [2.75, 3.05) is 26.9 Å². The largest absolute Gasteiger partial charge is 0.497 e. The first-order valence-corrected chi connectivity index (χ1v) is 8.65. The maximum Gasteiger partial charge on any atom is 0.118 e. The number of thioether (sulfide) groups is 1. The molecule has 3 nitrogen and oxygen atoms in total. The summed E-state index contributed by atoms with van der Waals surface area (Å²) in [6.45, 7) is 0. The first-order chi connectivity index (χ1) is 11.0. The number of hydrogen-bond acceptors (Lipinski definition) is 4. The van der Waals surface area contributed by atoms with Gasteiger partial charge in [-0.2, -0.15) is 0 Å². The first-order valence-electron chi connectivity index (χ1n) is 7.36. The third kappa shape index (κ3) is 4.88. The van der Waals surface area contributed by atoms with Gasteiger partial charge in [-0.1, -0.05) is 36.5 Å². The Balaban J connectivity index is 2.27. The highest BCUT2D eigenvalue weighted by Gasteiger charge is 2.18. The van der Waals surface area contributed by atoms with Crippen molar-refractivity contribution in [2.24, 2.45) is 0 Å². The minimum atomic E-state index is 0.209. The molecule has 2 rings (SSSR count). The Bertz CT molecular complexity index is 656. The highest BCUT2D eigenvalue weighted by atomic mass is 32.2. The molecule has 0 aliphatic heterocycles. The summed E-state index contributed by atoms with van der Waals surface area (Å²) in [7, 11) is 5.64. The van der Waals surface area contributed by atoms with Gasteiger partial charge in [0.05, 0.1) is 12.1 Å². The van der Waals surface area contributed by atoms with Crippen LogP contribution >= 0.6 is 24.0 Å². The fourth-order valence-electron chi connectivity index (χ4n) is 2.13. The number of anilines is 1. The van der Waals surface area contributed by atoms with E-state index in [1.54, 1.807) is 18.9 Å². The molecule has 0 fully saturated rings. The standard InChI is InChI=1S/C18H22N2OS2/c1-20(2)18(22)12-17(13-8-10-14(21-3)11-9-13)23-16-7-5-4-6-15(16)19/h4-11,17H,12,19H2,1-3H3/t17-/m1/s1. The van der Waals surface area contributed by atoms with Crippen LogP contribution in [0.5, 0.6) is 5.75 Å². The van der Waals surface area contributed by atoms with E-state index in [0.717, 1.165) is 27.7 Å². The van der Waals surface area contributed by atoms with Gasteiger partial charge in [-0.25, -0.2) is 0 Å². The van der Waals surface area contributed by atoms with Gasteiger partial charge in [0, 0.05) is 36.3 Å². The molecule has 2 aromatic carbocycles. The molecular weight excluding hydrogens is 324 g/mol. The topological polar surface area (TPSA) is 38.5 Å². The van der Waals surface area contributed by atoms with Gasteiger partial charge in [-0.05, 0) is 29.8 Å². The molecule has 0 aromatic heterocycles. The molecule has 23 heavy (non-hydrogen) atoms. The number of nitrogens with two attached hydrogens (primary N) is 1. The Morgan fingerprint density at radius 3 is 2.39 bits per heavy atom. The van der Waals surface area contributed by atoms with Crippen molar-refractivity contribution in [3.05, 3.63) is 54.1 Å². The molecule has 0 amide bonds. The zero-order valence-corrected chi connectivity index (χ0v) is 15.3. The predicted molar refractivity (Wildman–Crippen MR) is 103 cm³/mol. The van der Waals surface area contributed by atoms with Crippen molar-refractivity contribution in [3.8, 4) is 5.75 Å². The number of rotatable bonds is 6. The maximum atomic E-state index is 6.10. The fraction of sp³-hybridized carbons (Fsp3) is 0.278. The van der Waals surface area contributed by atoms with Crippen LogP contribution in [0.15, 0.2) is 53.4 Å². The first kappa shape index (κ1) is 17.6. The van der Waals surface area contributed by atoms with Gasteiger partial charge < -0.3 is 15.4 Å². The zero-order chi connectivity index (χ0) is 16.8. The number of methoxy groups -OCH3 is 1. The number of ether oxygens (including phenoxy) is 1. The summed E-state index contributed by atoms with van der Waals surface area (Å²) < 4.78 is 5.24. The minimum Gasteiger partial charge on any atom is -0.497 e. The summed E-state index contributed by atoms with van der Waals surface area (Å²) in [4.78, 5) is 3.99. The van der Waals surface area contributed by atoms with Crippen LogP contribution in [0.2, 0.25) is 0 Å².